The van der Waals surface area contributed by atoms with Crippen LogP contribution in [0.4, 0.5) is 0 Å². The van der Waals surface area contributed by atoms with Crippen LogP contribution in [0.25, 0.3) is 11.1 Å². The van der Waals surface area contributed by atoms with Crippen LogP contribution >= 0.6 is 0 Å². The fourth-order valence-electron chi connectivity index (χ4n) is 1.83. The van der Waals surface area contributed by atoms with Crippen molar-refractivity contribution in [1.29, 1.82) is 0 Å². The summed E-state index contributed by atoms with van der Waals surface area (Å²) in [5.74, 6) is -0.498. The largest absolute Gasteiger partial charge is 0.494 e. The van der Waals surface area contributed by atoms with Gasteiger partial charge >= 0.3 is 0 Å². The van der Waals surface area contributed by atoms with E-state index in [9.17, 15) is 9.59 Å². The summed E-state index contributed by atoms with van der Waals surface area (Å²) in [5.41, 5.74) is 8.07. The van der Waals surface area contributed by atoms with E-state index >= 15 is 0 Å². The minimum absolute atomic E-state index is 0.0729. The van der Waals surface area contributed by atoms with Crippen LogP contribution in [0.2, 0.25) is 0 Å². The minimum Gasteiger partial charge on any atom is -0.494 e. The molecule has 8 nitrogen and oxygen atoms in total. The second kappa shape index (κ2) is 7.23. The van der Waals surface area contributed by atoms with E-state index in [2.05, 4.69) is 5.16 Å². The molecule has 0 aliphatic rings. The maximum absolute atomic E-state index is 11.2. The highest BCUT2D eigenvalue weighted by Gasteiger charge is 2.14. The van der Waals surface area contributed by atoms with Gasteiger partial charge in [-0.3, -0.25) is 14.8 Å². The van der Waals surface area contributed by atoms with Gasteiger partial charge in [0.2, 0.25) is 5.91 Å². The summed E-state index contributed by atoms with van der Waals surface area (Å²) in [6.07, 6.45) is 2.01. The Bertz CT molecular complexity index is 651. The van der Waals surface area contributed by atoms with Gasteiger partial charge in [0.15, 0.2) is 5.69 Å². The Morgan fingerprint density at radius 3 is 2.68 bits per heavy atom. The zero-order chi connectivity index (χ0) is 15.9. The van der Waals surface area contributed by atoms with E-state index in [-0.39, 0.29) is 12.1 Å². The standard InChI is InChI=1S/C14H15N3O5/c15-14(19)13-11(8-22-17-13)9-3-5-10(6-4-9)21-7-1-2-12(18)16-20/h3-6,8,20H,1-2,7H2,(H2,15,19)(H,16,18). The summed E-state index contributed by atoms with van der Waals surface area (Å²) in [6.45, 7) is 0.340. The lowest BCUT2D eigenvalue weighted by atomic mass is 10.1. The molecule has 8 heteroatoms. The zero-order valence-electron chi connectivity index (χ0n) is 11.6. The summed E-state index contributed by atoms with van der Waals surface area (Å²) in [6, 6.07) is 6.93. The first-order chi connectivity index (χ1) is 10.6. The van der Waals surface area contributed by atoms with E-state index in [4.69, 9.17) is 20.2 Å². The van der Waals surface area contributed by atoms with Crippen LogP contribution < -0.4 is 16.0 Å². The molecule has 1 aromatic heterocycles. The smallest absolute Gasteiger partial charge is 0.271 e. The average Bonchev–Trinajstić information content (AvgIpc) is 3.01. The molecule has 1 aromatic carbocycles. The van der Waals surface area contributed by atoms with Gasteiger partial charge in [-0.1, -0.05) is 17.3 Å². The molecule has 1 heterocycles. The first-order valence-electron chi connectivity index (χ1n) is 6.52. The van der Waals surface area contributed by atoms with Gasteiger partial charge in [0.25, 0.3) is 5.91 Å². The molecular weight excluding hydrogens is 290 g/mol. The maximum atomic E-state index is 11.2. The third kappa shape index (κ3) is 3.83. The molecular formula is C14H15N3O5. The van der Waals surface area contributed by atoms with Gasteiger partial charge in [-0.15, -0.1) is 0 Å². The molecule has 0 aliphatic carbocycles. The van der Waals surface area contributed by atoms with E-state index in [1.165, 1.54) is 6.26 Å². The fourth-order valence-corrected chi connectivity index (χ4v) is 1.83. The van der Waals surface area contributed by atoms with Crippen LogP contribution in [0.3, 0.4) is 0 Å². The monoisotopic (exact) mass is 305 g/mol. The number of hydrogen-bond acceptors (Lipinski definition) is 6. The van der Waals surface area contributed by atoms with E-state index in [1.807, 2.05) is 0 Å². The molecule has 0 spiro atoms. The number of nitrogens with two attached hydrogens (primary N) is 1. The Hall–Kier alpha value is -2.87. The van der Waals surface area contributed by atoms with Gasteiger partial charge < -0.3 is 15.0 Å². The van der Waals surface area contributed by atoms with Crippen molar-refractivity contribution >= 4 is 11.8 Å². The number of hydroxylamine groups is 1. The van der Waals surface area contributed by atoms with Crippen LogP contribution in [0.1, 0.15) is 23.3 Å². The first kappa shape index (κ1) is 15.5. The maximum Gasteiger partial charge on any atom is 0.271 e. The Labute approximate surface area is 125 Å². The molecule has 0 fully saturated rings. The number of hydrogen-bond donors (Lipinski definition) is 3. The number of carbonyl (C=O) groups excluding carboxylic acids is 2. The molecule has 0 saturated heterocycles. The highest BCUT2D eigenvalue weighted by molar-refractivity contribution is 5.97. The molecule has 0 aliphatic heterocycles. The number of carbonyl (C=O) groups is 2. The Kier molecular flexibility index (Phi) is 5.10. The van der Waals surface area contributed by atoms with Crippen LogP contribution in [-0.2, 0) is 4.79 Å². The number of ether oxygens (including phenoxy) is 1. The van der Waals surface area contributed by atoms with Crippen LogP contribution in [-0.4, -0.2) is 28.8 Å². The number of amides is 2. The van der Waals surface area contributed by atoms with Crippen molar-refractivity contribution in [3.63, 3.8) is 0 Å². The normalized spacial score (nSPS) is 10.2. The summed E-state index contributed by atoms with van der Waals surface area (Å²) in [5, 5.41) is 11.9. The van der Waals surface area contributed by atoms with Gasteiger partial charge in [-0.25, -0.2) is 5.48 Å². The summed E-state index contributed by atoms with van der Waals surface area (Å²) >= 11 is 0. The molecule has 4 N–H and O–H groups in total. The van der Waals surface area contributed by atoms with E-state index in [1.54, 1.807) is 29.7 Å². The molecule has 0 bridgehead atoms. The number of nitrogens with zero attached hydrogens (tertiary/aromatic N) is 1. The van der Waals surface area contributed by atoms with Crippen molar-refractivity contribution in [3.8, 4) is 16.9 Å². The highest BCUT2D eigenvalue weighted by atomic mass is 16.5. The van der Waals surface area contributed by atoms with Crippen molar-refractivity contribution < 1.29 is 24.1 Å². The van der Waals surface area contributed by atoms with Gasteiger partial charge in [0, 0.05) is 6.42 Å². The zero-order valence-corrected chi connectivity index (χ0v) is 11.6. The summed E-state index contributed by atoms with van der Waals surface area (Å²) in [7, 11) is 0. The topological polar surface area (TPSA) is 128 Å². The number of benzene rings is 1. The Balaban J connectivity index is 1.94. The molecule has 0 saturated carbocycles. The summed E-state index contributed by atoms with van der Waals surface area (Å²) < 4.78 is 10.2. The van der Waals surface area contributed by atoms with E-state index in [0.717, 1.165) is 5.56 Å². The van der Waals surface area contributed by atoms with Gasteiger partial charge in [-0.05, 0) is 24.1 Å². The molecule has 0 atom stereocenters. The first-order valence-corrected chi connectivity index (χ1v) is 6.52. The molecule has 0 unspecified atom stereocenters. The predicted octanol–water partition coefficient (Wildman–Crippen LogP) is 1.10. The SMILES string of the molecule is NC(=O)c1nocc1-c1ccc(OCCCC(=O)NO)cc1. The van der Waals surface area contributed by atoms with Crippen LogP contribution in [0.15, 0.2) is 35.1 Å². The third-order valence-electron chi connectivity index (χ3n) is 2.91. The fraction of sp³-hybridized carbons (Fsp3) is 0.214. The molecule has 116 valence electrons. The second-order valence-corrected chi connectivity index (χ2v) is 4.45. The number of rotatable bonds is 7. The molecule has 0 radical (unpaired) electrons. The van der Waals surface area contributed by atoms with Gasteiger partial charge in [0.1, 0.15) is 12.0 Å². The van der Waals surface area contributed by atoms with Crippen LogP contribution in [0, 0.1) is 0 Å². The van der Waals surface area contributed by atoms with Gasteiger partial charge in [-0.2, -0.15) is 0 Å². The predicted molar refractivity (Wildman–Crippen MR) is 75.1 cm³/mol. The number of aromatic nitrogens is 1. The quantitative estimate of drug-likeness (QED) is 0.399. The molecule has 2 rings (SSSR count). The van der Waals surface area contributed by atoms with Crippen molar-refractivity contribution in [1.82, 2.24) is 10.6 Å². The Morgan fingerprint density at radius 2 is 2.05 bits per heavy atom. The second-order valence-electron chi connectivity index (χ2n) is 4.45. The minimum atomic E-state index is -0.661. The van der Waals surface area contributed by atoms with Gasteiger partial charge in [0.05, 0.1) is 12.2 Å². The lowest BCUT2D eigenvalue weighted by molar-refractivity contribution is -0.129. The average molecular weight is 305 g/mol. The van der Waals surface area contributed by atoms with Crippen molar-refractivity contribution in [3.05, 3.63) is 36.2 Å². The number of primary amides is 1. The van der Waals surface area contributed by atoms with Crippen molar-refractivity contribution in [2.45, 2.75) is 12.8 Å². The van der Waals surface area contributed by atoms with E-state index in [0.29, 0.717) is 24.3 Å². The number of nitrogens with one attached hydrogen (secondary N) is 1. The molecule has 2 aromatic rings. The lowest BCUT2D eigenvalue weighted by Crippen LogP contribution is -2.18. The lowest BCUT2D eigenvalue weighted by Gasteiger charge is -2.06. The third-order valence-corrected chi connectivity index (χ3v) is 2.91. The molecule has 22 heavy (non-hydrogen) atoms. The summed E-state index contributed by atoms with van der Waals surface area (Å²) in [4.78, 5) is 22.0. The molecule has 2 amide bonds. The Morgan fingerprint density at radius 1 is 1.32 bits per heavy atom. The van der Waals surface area contributed by atoms with E-state index < -0.39 is 11.8 Å². The van der Waals surface area contributed by atoms with Crippen molar-refractivity contribution in [2.75, 3.05) is 6.61 Å². The van der Waals surface area contributed by atoms with Crippen LogP contribution in [0.5, 0.6) is 5.75 Å². The van der Waals surface area contributed by atoms with Crippen molar-refractivity contribution in [2.24, 2.45) is 5.73 Å². The highest BCUT2D eigenvalue weighted by Crippen LogP contribution is 2.25.